The quantitative estimate of drug-likeness (QED) is 0.0621. The first kappa shape index (κ1) is 114. The molecule has 0 aliphatic rings. The Labute approximate surface area is 919 Å². The van der Waals surface area contributed by atoms with Crippen LogP contribution in [0.5, 0.6) is 0 Å². The van der Waals surface area contributed by atoms with Crippen molar-refractivity contribution >= 4 is 55.0 Å². The zero-order valence-corrected chi connectivity index (χ0v) is 92.7. The van der Waals surface area contributed by atoms with Crippen LogP contribution in [0.2, 0.25) is 0 Å². The fourth-order valence-electron chi connectivity index (χ4n) is 14.5. The summed E-state index contributed by atoms with van der Waals surface area (Å²) >= 11 is 0. The number of hydrogen-bond acceptors (Lipinski definition) is 16. The first-order valence-corrected chi connectivity index (χ1v) is 45.5. The summed E-state index contributed by atoms with van der Waals surface area (Å²) in [4.78, 5) is 69.1. The first-order chi connectivity index (χ1) is 68.9. The fourth-order valence-corrected chi connectivity index (χ4v) is 14.5. The molecule has 0 bridgehead atoms. The summed E-state index contributed by atoms with van der Waals surface area (Å²) in [5.41, 5.74) is 25.1. The SMILES string of the molecule is CC(=O)C=C(C)O.CC(=O)C=C(C)O.Cc1cc(-c2ccccn2)[c-]c2ccccc12.Cc1cc2ccccc2[c-]c1-c1ccccn1.Cc1ccc(-c2nc(-c3c[c-]c(-c4ccccn4)cc3)nc(-c3ccc(C)cc3)n2)cc1.[Ir].[Ir].[Ir].[Ir].[Ir].[c-]1ccc2c(oc3ccccc32)c1-c1ccccn1.[c-]1ccccc1-c1cc(-c2ccccn2)ccn1.[c-]1ccccc1-c1ccccn1.[c-]1ccccc1-c1ccccn1. The van der Waals surface area contributed by atoms with Gasteiger partial charge in [-0.15, -0.1) is 214 Å². The molecule has 16 nitrogen and oxygen atoms in total. The van der Waals surface area contributed by atoms with E-state index < -0.39 is 0 Å². The summed E-state index contributed by atoms with van der Waals surface area (Å²) < 4.78 is 5.97. The maximum atomic E-state index is 10.0. The number of ketones is 2. The third-order valence-corrected chi connectivity index (χ3v) is 21.2. The van der Waals surface area contributed by atoms with E-state index >= 15 is 0 Å². The normalized spacial score (nSPS) is 10.2. The van der Waals surface area contributed by atoms with Gasteiger partial charge in [-0.05, 0) is 136 Å². The second kappa shape index (κ2) is 59.8. The van der Waals surface area contributed by atoms with Gasteiger partial charge in [0.2, 0.25) is 0 Å². The Morgan fingerprint density at radius 2 is 0.664 bits per heavy atom. The Morgan fingerprint density at radius 3 is 1.10 bits per heavy atom. The average molecular weight is 2800 g/mol. The van der Waals surface area contributed by atoms with Crippen LogP contribution in [-0.2, 0) is 110 Å². The van der Waals surface area contributed by atoms with Crippen molar-refractivity contribution in [3.8, 4) is 124 Å². The van der Waals surface area contributed by atoms with Gasteiger partial charge in [0.15, 0.2) is 23.2 Å². The van der Waals surface area contributed by atoms with Crippen LogP contribution in [0, 0.1) is 70.2 Å². The van der Waals surface area contributed by atoms with Crippen molar-refractivity contribution in [2.75, 3.05) is 0 Å². The molecule has 0 aliphatic carbocycles. The summed E-state index contributed by atoms with van der Waals surface area (Å²) in [6.45, 7) is 14.1. The van der Waals surface area contributed by atoms with Crippen molar-refractivity contribution < 1.29 is 125 Å². The molecule has 0 spiro atoms. The molecule has 0 saturated heterocycles. The van der Waals surface area contributed by atoms with Gasteiger partial charge in [0.25, 0.3) is 0 Å². The number of para-hydroxylation sites is 1. The molecule has 10 heterocycles. The smallest absolute Gasteiger partial charge is 0.163 e. The molecule has 0 atom stereocenters. The summed E-state index contributed by atoms with van der Waals surface area (Å²) in [6.07, 6.45) is 16.7. The van der Waals surface area contributed by atoms with E-state index in [2.05, 4.69) is 189 Å². The molecule has 2 N–H and O–H groups in total. The number of aliphatic hydroxyl groups excluding tert-OH is 2. The minimum absolute atomic E-state index is 0. The van der Waals surface area contributed by atoms with Crippen LogP contribution in [-0.4, -0.2) is 76.6 Å². The zero-order valence-electron chi connectivity index (χ0n) is 80.8. The molecule has 22 rings (SSSR count). The maximum absolute atomic E-state index is 10.0. The number of fused-ring (bicyclic) bond motifs is 5. The van der Waals surface area contributed by atoms with Crippen molar-refractivity contribution in [2.24, 2.45) is 0 Å². The number of pyridine rings is 8. The number of rotatable bonds is 13. The van der Waals surface area contributed by atoms with Gasteiger partial charge in [0.05, 0.1) is 22.8 Å². The van der Waals surface area contributed by atoms with Gasteiger partial charge in [0.1, 0.15) is 11.4 Å². The number of benzene rings is 12. The van der Waals surface area contributed by atoms with Crippen LogP contribution in [0.4, 0.5) is 0 Å². The molecule has 0 fully saturated rings. The summed E-state index contributed by atoms with van der Waals surface area (Å²) in [5.74, 6) is 1.80. The van der Waals surface area contributed by atoms with Crippen molar-refractivity contribution in [3.63, 3.8) is 0 Å². The minimum atomic E-state index is -0.125. The topological polar surface area (TPSA) is 230 Å². The van der Waals surface area contributed by atoms with Gasteiger partial charge >= 0.3 is 0 Å². The molecule has 146 heavy (non-hydrogen) atoms. The maximum Gasteiger partial charge on any atom is 0.163 e. The number of allylic oxidation sites excluding steroid dienone is 4. The molecule has 21 heteroatoms. The van der Waals surface area contributed by atoms with Gasteiger partial charge in [-0.1, -0.05) is 251 Å². The van der Waals surface area contributed by atoms with Crippen molar-refractivity contribution in [1.29, 1.82) is 0 Å². The molecule has 0 amide bonds. The second-order valence-electron chi connectivity index (χ2n) is 32.1. The Kier molecular flexibility index (Phi) is 46.9. The third-order valence-electron chi connectivity index (χ3n) is 21.2. The van der Waals surface area contributed by atoms with Gasteiger partial charge in [-0.25, -0.2) is 15.0 Å². The van der Waals surface area contributed by atoms with Crippen LogP contribution in [0.25, 0.3) is 168 Å². The van der Waals surface area contributed by atoms with Crippen LogP contribution < -0.4 is 0 Å². The standard InChI is InChI=1S/C28H21N4.C17H10NO.C16H11N2.2C16H12N.2C11H8N.2C5H8O2.5Ir/c1-19-6-10-22(11-7-19)26-30-27(23-12-8-20(2)9-13-23)32-28(31-26)24-16-14-21(15-17-24)25-5-3-4-18-29-25;1-2-10-16-12(6-1)13-7-5-8-14(17(13)19-16)15-9-3-4-11-18-15;1-2-6-13(7-3-1)16-12-14(9-11-18-16)15-8-4-5-10-17-15;1-12-10-14(16-8-4-5-9-17-16)11-13-6-2-3-7-15(12)13;1-12-10-13-6-2-3-7-14(13)11-15(12)16-8-4-5-9-17-16;2*1-2-6-10(7-3-1)11-8-4-5-9-12-11;2*1-4(6)3-5(2)7;;;;;/h3-14,16-18H,1-2H3;1-7,9-11H;1-6,8-12H;2*2-10H,1H3;2*1-6,8-9H;2*3,6H,1-2H3;;;;;/q7*-1;;;;;;;. The Bertz CT molecular complexity index is 7520. The van der Waals surface area contributed by atoms with Crippen LogP contribution in [0.15, 0.2) is 454 Å². The molecule has 0 unspecified atom stereocenters. The number of aliphatic hydroxyl groups is 2. The minimum Gasteiger partial charge on any atom is -0.512 e. The largest absolute Gasteiger partial charge is 0.512 e. The van der Waals surface area contributed by atoms with Gasteiger partial charge in [0, 0.05) is 190 Å². The van der Waals surface area contributed by atoms with Crippen LogP contribution >= 0.6 is 0 Å². The first-order valence-electron chi connectivity index (χ1n) is 45.5. The van der Waals surface area contributed by atoms with E-state index in [-0.39, 0.29) is 124 Å². The average Bonchev–Trinajstić information content (AvgIpc) is 1.60. The summed E-state index contributed by atoms with van der Waals surface area (Å²) in [5, 5.41) is 23.7. The number of hydrogen-bond donors (Lipinski definition) is 2. The Morgan fingerprint density at radius 1 is 0.281 bits per heavy atom. The van der Waals surface area contributed by atoms with E-state index in [0.29, 0.717) is 17.5 Å². The zero-order chi connectivity index (χ0) is 98.3. The van der Waals surface area contributed by atoms with Gasteiger partial charge < -0.3 is 39.6 Å². The van der Waals surface area contributed by atoms with E-state index in [1.54, 1.807) is 37.2 Å². The van der Waals surface area contributed by atoms with E-state index in [9.17, 15) is 9.59 Å². The number of aryl methyl sites for hydroxylation is 4. The molecule has 735 valence electrons. The van der Waals surface area contributed by atoms with Crippen LogP contribution in [0.1, 0.15) is 49.9 Å². The number of furan rings is 1. The van der Waals surface area contributed by atoms with E-state index in [1.165, 1.54) is 72.9 Å². The summed E-state index contributed by atoms with van der Waals surface area (Å²) in [6, 6.07) is 147. The number of carbonyl (C=O) groups excluding carboxylic acids is 2. The predicted octanol–water partition coefficient (Wildman–Crippen LogP) is 29.6. The molecule has 10 aromatic heterocycles. The van der Waals surface area contributed by atoms with E-state index in [0.717, 1.165) is 139 Å². The van der Waals surface area contributed by atoms with Crippen LogP contribution in [0.3, 0.4) is 0 Å². The molecule has 12 aromatic carbocycles. The summed E-state index contributed by atoms with van der Waals surface area (Å²) in [7, 11) is 0. The number of nitrogens with zero attached hydrogens (tertiary/aromatic N) is 11. The Balaban J connectivity index is 0.000000188. The molecular weight excluding hydrogens is 2700 g/mol. The van der Waals surface area contributed by atoms with E-state index in [4.69, 9.17) is 29.6 Å². The molecule has 0 saturated carbocycles. The van der Waals surface area contributed by atoms with Crippen molar-refractivity contribution in [3.05, 3.63) is 514 Å². The fraction of sp³-hybridized carbons (Fsp3) is 0.0640. The monoisotopic (exact) mass is 2800 g/mol. The molecule has 0 aliphatic heterocycles. The van der Waals surface area contributed by atoms with Gasteiger partial charge in [-0.2, -0.15) is 0 Å². The number of carbonyl (C=O) groups is 2. The van der Waals surface area contributed by atoms with Crippen molar-refractivity contribution in [1.82, 2.24) is 54.8 Å². The number of aromatic nitrogens is 11. The molecular formula is C125H98Ir5N11O5-7. The molecule has 5 radical (unpaired) electrons. The van der Waals surface area contributed by atoms with E-state index in [1.807, 2.05) is 310 Å². The Hall–Kier alpha value is -15.2. The second-order valence-corrected chi connectivity index (χ2v) is 32.1. The third kappa shape index (κ3) is 34.3. The van der Waals surface area contributed by atoms with Gasteiger partial charge in [-0.3, -0.25) is 24.5 Å². The molecule has 22 aromatic rings. The predicted molar refractivity (Wildman–Crippen MR) is 568 cm³/mol. The van der Waals surface area contributed by atoms with Crippen molar-refractivity contribution in [2.45, 2.75) is 55.4 Å².